The van der Waals surface area contributed by atoms with E-state index < -0.39 is 12.0 Å². The number of ether oxygens (including phenoxy) is 3. The largest absolute Gasteiger partial charge is 0.469 e. The van der Waals surface area contributed by atoms with Gasteiger partial charge in [-0.2, -0.15) is 0 Å². The van der Waals surface area contributed by atoms with Crippen molar-refractivity contribution in [3.05, 3.63) is 58.1 Å². The Hall–Kier alpha value is -1.96. The first-order valence-corrected chi connectivity index (χ1v) is 12.6. The molecular formula is C27H35BrO6. The van der Waals surface area contributed by atoms with Crippen LogP contribution >= 0.6 is 15.9 Å². The molecule has 0 saturated heterocycles. The molecule has 0 aromatic heterocycles. The van der Waals surface area contributed by atoms with Gasteiger partial charge in [-0.15, -0.1) is 0 Å². The second kappa shape index (κ2) is 11.6. The summed E-state index contributed by atoms with van der Waals surface area (Å²) in [6.07, 6.45) is 3.08. The van der Waals surface area contributed by atoms with Gasteiger partial charge in [0.25, 0.3) is 0 Å². The number of rotatable bonds is 7. The van der Waals surface area contributed by atoms with E-state index in [1.807, 2.05) is 51.1 Å². The van der Waals surface area contributed by atoms with E-state index in [0.29, 0.717) is 6.61 Å². The van der Waals surface area contributed by atoms with Gasteiger partial charge in [-0.1, -0.05) is 77.8 Å². The Balaban J connectivity index is 2.08. The number of aliphatic hydroxyl groups is 1. The lowest BCUT2D eigenvalue weighted by Crippen LogP contribution is -2.58. The zero-order valence-electron chi connectivity index (χ0n) is 20.4. The van der Waals surface area contributed by atoms with Crippen LogP contribution in [0.3, 0.4) is 0 Å². The fraction of sp³-hybridized carbons (Fsp3) is 0.556. The lowest BCUT2D eigenvalue weighted by atomic mass is 9.56. The average Bonchev–Trinajstić information content (AvgIpc) is 2.81. The van der Waals surface area contributed by atoms with Crippen LogP contribution in [0.2, 0.25) is 0 Å². The number of aliphatic hydroxyl groups excluding tert-OH is 1. The summed E-state index contributed by atoms with van der Waals surface area (Å²) in [5.41, 5.74) is 1.94. The third kappa shape index (κ3) is 5.47. The topological polar surface area (TPSA) is 82.1 Å². The minimum absolute atomic E-state index is 0.0891. The Morgan fingerprint density at radius 2 is 1.76 bits per heavy atom. The van der Waals surface area contributed by atoms with Crippen molar-refractivity contribution < 1.29 is 28.9 Å². The van der Waals surface area contributed by atoms with Crippen molar-refractivity contribution in [1.29, 1.82) is 0 Å². The van der Waals surface area contributed by atoms with Gasteiger partial charge in [0.2, 0.25) is 0 Å². The van der Waals surface area contributed by atoms with Crippen molar-refractivity contribution in [2.75, 3.05) is 13.7 Å². The van der Waals surface area contributed by atoms with E-state index in [1.165, 1.54) is 14.0 Å². The SMILES string of the molecule is COC(=O)[C@H]1[C@@H]2[C@@H](C)[C@H](OC(C)=O)[C@H](C)[C@H](OCc3ccccc3)[C@H]2C(Br)=C[C@H]1/C(C)=C/CO. The Morgan fingerprint density at radius 1 is 1.09 bits per heavy atom. The van der Waals surface area contributed by atoms with Gasteiger partial charge in [0.1, 0.15) is 6.10 Å². The number of methoxy groups -OCH3 is 1. The zero-order chi connectivity index (χ0) is 25.0. The smallest absolute Gasteiger partial charge is 0.309 e. The van der Waals surface area contributed by atoms with Crippen LogP contribution in [0.1, 0.15) is 33.3 Å². The highest BCUT2D eigenvalue weighted by molar-refractivity contribution is 9.11. The van der Waals surface area contributed by atoms with Crippen molar-refractivity contribution in [3.63, 3.8) is 0 Å². The second-order valence-corrected chi connectivity index (χ2v) is 10.3. The fourth-order valence-corrected chi connectivity index (χ4v) is 6.69. The van der Waals surface area contributed by atoms with Gasteiger partial charge in [-0.25, -0.2) is 0 Å². The highest BCUT2D eigenvalue weighted by atomic mass is 79.9. The minimum atomic E-state index is -0.498. The third-order valence-electron chi connectivity index (χ3n) is 7.39. The maximum absolute atomic E-state index is 13.2. The van der Waals surface area contributed by atoms with Crippen molar-refractivity contribution in [2.24, 2.45) is 35.5 Å². The van der Waals surface area contributed by atoms with Crippen molar-refractivity contribution in [3.8, 4) is 0 Å². The summed E-state index contributed by atoms with van der Waals surface area (Å²) in [7, 11) is 1.40. The molecule has 1 saturated carbocycles. The molecule has 1 aromatic rings. The minimum Gasteiger partial charge on any atom is -0.469 e. The monoisotopic (exact) mass is 534 g/mol. The highest BCUT2D eigenvalue weighted by Crippen LogP contribution is 2.55. The molecule has 0 unspecified atom stereocenters. The number of fused-ring (bicyclic) bond motifs is 1. The van der Waals surface area contributed by atoms with Gasteiger partial charge in [0, 0.05) is 24.7 Å². The van der Waals surface area contributed by atoms with E-state index in [2.05, 4.69) is 22.0 Å². The van der Waals surface area contributed by atoms with Gasteiger partial charge in [-0.05, 0) is 28.8 Å². The molecule has 2 aliphatic carbocycles. The Morgan fingerprint density at radius 3 is 2.35 bits per heavy atom. The van der Waals surface area contributed by atoms with E-state index >= 15 is 0 Å². The first kappa shape index (κ1) is 26.6. The lowest BCUT2D eigenvalue weighted by molar-refractivity contribution is -0.185. The Labute approximate surface area is 210 Å². The normalized spacial score (nSPS) is 33.5. The van der Waals surface area contributed by atoms with E-state index in [4.69, 9.17) is 14.2 Å². The summed E-state index contributed by atoms with van der Waals surface area (Å²) in [4.78, 5) is 25.2. The zero-order valence-corrected chi connectivity index (χ0v) is 22.0. The molecule has 1 N–H and O–H groups in total. The Bertz CT molecular complexity index is 926. The Kier molecular flexibility index (Phi) is 9.13. The van der Waals surface area contributed by atoms with Crippen LogP contribution in [-0.2, 0) is 30.4 Å². The van der Waals surface area contributed by atoms with Gasteiger partial charge in [0.15, 0.2) is 0 Å². The van der Waals surface area contributed by atoms with Crippen LogP contribution in [0.25, 0.3) is 0 Å². The van der Waals surface area contributed by atoms with Crippen molar-refractivity contribution in [2.45, 2.75) is 46.5 Å². The summed E-state index contributed by atoms with van der Waals surface area (Å²) in [5.74, 6) is -1.92. The number of allylic oxidation sites excluding steroid dienone is 2. The summed E-state index contributed by atoms with van der Waals surface area (Å²) < 4.78 is 18.6. The molecule has 0 heterocycles. The molecule has 0 aliphatic heterocycles. The molecule has 0 radical (unpaired) electrons. The van der Waals surface area contributed by atoms with Gasteiger partial charge < -0.3 is 19.3 Å². The summed E-state index contributed by atoms with van der Waals surface area (Å²) >= 11 is 3.81. The number of hydrogen-bond donors (Lipinski definition) is 1. The molecule has 2 aliphatic rings. The molecule has 34 heavy (non-hydrogen) atoms. The average molecular weight is 535 g/mol. The summed E-state index contributed by atoms with van der Waals surface area (Å²) in [5, 5.41) is 9.49. The number of esters is 2. The molecule has 0 amide bonds. The molecule has 1 fully saturated rings. The summed E-state index contributed by atoms with van der Waals surface area (Å²) in [6, 6.07) is 9.93. The first-order chi connectivity index (χ1) is 16.2. The number of benzene rings is 1. The molecule has 8 atom stereocenters. The molecule has 3 rings (SSSR count). The maximum Gasteiger partial charge on any atom is 0.309 e. The molecule has 6 nitrogen and oxygen atoms in total. The standard InChI is InChI=1S/C27H35BrO6/c1-15(11-12-29)20-13-21(28)24-22(23(20)27(31)32-5)16(2)25(34-18(4)30)17(3)26(24)33-14-19-9-7-6-8-10-19/h6-11,13,16-17,20,22-26,29H,12,14H2,1-5H3/b15-11+/t16-,17+,20+,22+,23-,24+,25+,26+/m1/s1. The fourth-order valence-electron chi connectivity index (χ4n) is 5.84. The molecule has 1 aromatic carbocycles. The second-order valence-electron chi connectivity index (χ2n) is 9.41. The van der Waals surface area contributed by atoms with Crippen LogP contribution in [0.15, 0.2) is 52.5 Å². The molecule has 186 valence electrons. The van der Waals surface area contributed by atoms with Crippen molar-refractivity contribution >= 4 is 27.9 Å². The van der Waals surface area contributed by atoms with E-state index in [-0.39, 0.29) is 54.2 Å². The molecular weight excluding hydrogens is 500 g/mol. The quantitative estimate of drug-likeness (QED) is 0.404. The summed E-state index contributed by atoms with van der Waals surface area (Å²) in [6.45, 7) is 7.72. The maximum atomic E-state index is 13.2. The van der Waals surface area contributed by atoms with Crippen LogP contribution in [0.4, 0.5) is 0 Å². The number of hydrogen-bond acceptors (Lipinski definition) is 6. The van der Waals surface area contributed by atoms with Crippen molar-refractivity contribution in [1.82, 2.24) is 0 Å². The first-order valence-electron chi connectivity index (χ1n) is 11.8. The van der Waals surface area contributed by atoms with Gasteiger partial charge in [-0.3, -0.25) is 9.59 Å². The molecule has 0 bridgehead atoms. The van der Waals surface area contributed by atoms with E-state index in [1.54, 1.807) is 6.08 Å². The van der Waals surface area contributed by atoms with Crippen LogP contribution < -0.4 is 0 Å². The van der Waals surface area contributed by atoms with Gasteiger partial charge in [0.05, 0.1) is 32.3 Å². The van der Waals surface area contributed by atoms with E-state index in [0.717, 1.165) is 15.6 Å². The van der Waals surface area contributed by atoms with Crippen LogP contribution in [-0.4, -0.2) is 43.0 Å². The highest BCUT2D eigenvalue weighted by Gasteiger charge is 2.57. The predicted molar refractivity (Wildman–Crippen MR) is 133 cm³/mol. The predicted octanol–water partition coefficient (Wildman–Crippen LogP) is 4.66. The van der Waals surface area contributed by atoms with Crippen LogP contribution in [0.5, 0.6) is 0 Å². The lowest BCUT2D eigenvalue weighted by Gasteiger charge is -2.54. The van der Waals surface area contributed by atoms with Gasteiger partial charge >= 0.3 is 11.9 Å². The molecule has 0 spiro atoms. The number of halogens is 1. The van der Waals surface area contributed by atoms with Crippen LogP contribution in [0, 0.1) is 35.5 Å². The number of carbonyl (C=O) groups excluding carboxylic acids is 2. The third-order valence-corrected chi connectivity index (χ3v) is 8.18. The van der Waals surface area contributed by atoms with E-state index in [9.17, 15) is 14.7 Å². The molecule has 7 heteroatoms. The number of carbonyl (C=O) groups is 2.